The van der Waals surface area contributed by atoms with Crippen LogP contribution in [0.5, 0.6) is 5.75 Å². The molecule has 1 atom stereocenters. The van der Waals surface area contributed by atoms with Crippen LogP contribution >= 0.6 is 11.6 Å². The van der Waals surface area contributed by atoms with Crippen molar-refractivity contribution in [1.82, 2.24) is 10.2 Å². The van der Waals surface area contributed by atoms with Gasteiger partial charge in [0.15, 0.2) is 5.54 Å². The molecule has 0 spiro atoms. The van der Waals surface area contributed by atoms with Crippen molar-refractivity contribution in [2.45, 2.75) is 11.6 Å². The maximum absolute atomic E-state index is 13.6. The molecule has 7 heteroatoms. The molecule has 3 aromatic rings. The molecular weight excluding hydrogens is 416 g/mol. The molecule has 31 heavy (non-hydrogen) atoms. The Labute approximate surface area is 185 Å². The molecule has 158 valence electrons. The number of rotatable bonds is 7. The fourth-order valence-corrected chi connectivity index (χ4v) is 3.79. The number of imide groups is 1. The highest BCUT2D eigenvalue weighted by Crippen LogP contribution is 2.36. The van der Waals surface area contributed by atoms with Crippen LogP contribution < -0.4 is 10.1 Å². The van der Waals surface area contributed by atoms with Gasteiger partial charge in [-0.25, -0.2) is 4.79 Å². The van der Waals surface area contributed by atoms with Crippen molar-refractivity contribution < 1.29 is 19.4 Å². The Morgan fingerprint density at radius 3 is 2.00 bits per heavy atom. The van der Waals surface area contributed by atoms with Gasteiger partial charge in [-0.05, 0) is 35.4 Å². The van der Waals surface area contributed by atoms with Gasteiger partial charge in [0.05, 0.1) is 6.54 Å². The summed E-state index contributed by atoms with van der Waals surface area (Å²) < 4.78 is 5.55. The second kappa shape index (κ2) is 8.79. The fraction of sp³-hybridized carbons (Fsp3) is 0.167. The van der Waals surface area contributed by atoms with E-state index in [-0.39, 0.29) is 13.2 Å². The largest absolute Gasteiger partial charge is 0.491 e. The molecule has 1 unspecified atom stereocenters. The third kappa shape index (κ3) is 4.13. The summed E-state index contributed by atoms with van der Waals surface area (Å²) in [6, 6.07) is 24.3. The molecule has 0 aromatic heterocycles. The van der Waals surface area contributed by atoms with E-state index in [4.69, 9.17) is 16.3 Å². The van der Waals surface area contributed by atoms with Gasteiger partial charge >= 0.3 is 6.03 Å². The highest BCUT2D eigenvalue weighted by molar-refractivity contribution is 6.30. The number of carbonyl (C=O) groups is 2. The summed E-state index contributed by atoms with van der Waals surface area (Å²) in [4.78, 5) is 27.4. The van der Waals surface area contributed by atoms with Crippen LogP contribution in [0.1, 0.15) is 11.1 Å². The summed E-state index contributed by atoms with van der Waals surface area (Å²) >= 11 is 5.85. The maximum atomic E-state index is 13.6. The minimum atomic E-state index is -1.35. The van der Waals surface area contributed by atoms with E-state index in [9.17, 15) is 14.7 Å². The molecule has 0 aliphatic carbocycles. The maximum Gasteiger partial charge on any atom is 0.325 e. The van der Waals surface area contributed by atoms with Gasteiger partial charge in [0.2, 0.25) is 0 Å². The van der Waals surface area contributed by atoms with Gasteiger partial charge in [0, 0.05) is 5.02 Å². The van der Waals surface area contributed by atoms with Crippen molar-refractivity contribution in [3.63, 3.8) is 0 Å². The van der Waals surface area contributed by atoms with Crippen LogP contribution in [0, 0.1) is 0 Å². The molecule has 0 saturated carbocycles. The molecule has 1 heterocycles. The molecule has 6 nitrogen and oxygen atoms in total. The van der Waals surface area contributed by atoms with Crippen molar-refractivity contribution >= 4 is 23.5 Å². The van der Waals surface area contributed by atoms with Crippen LogP contribution in [0.15, 0.2) is 84.9 Å². The van der Waals surface area contributed by atoms with Crippen molar-refractivity contribution in [2.24, 2.45) is 0 Å². The highest BCUT2D eigenvalue weighted by atomic mass is 35.5. The standard InChI is InChI=1S/C24H21ClN2O4/c25-19-11-13-21(14-12-19)31-16-20(28)15-27-22(29)24(26-23(27)30,17-7-3-1-4-8-17)18-9-5-2-6-10-18/h1-14,20,28H,15-16H2,(H,26,30). The number of β-amino-alcohol motifs (C(OH)–C–C–N with tert-alkyl or cyclic N) is 1. The van der Waals surface area contributed by atoms with E-state index in [2.05, 4.69) is 5.32 Å². The second-order valence-corrected chi connectivity index (χ2v) is 7.68. The van der Waals surface area contributed by atoms with E-state index >= 15 is 0 Å². The third-order valence-electron chi connectivity index (χ3n) is 5.17. The Balaban J connectivity index is 1.55. The summed E-state index contributed by atoms with van der Waals surface area (Å²) in [5, 5.41) is 13.9. The van der Waals surface area contributed by atoms with Crippen LogP contribution in [0.25, 0.3) is 0 Å². The third-order valence-corrected chi connectivity index (χ3v) is 5.42. The predicted molar refractivity (Wildman–Crippen MR) is 117 cm³/mol. The SMILES string of the molecule is O=C1NC(c2ccccc2)(c2ccccc2)C(=O)N1CC(O)COc1ccc(Cl)cc1. The first kappa shape index (κ1) is 20.9. The van der Waals surface area contributed by atoms with E-state index in [0.29, 0.717) is 21.9 Å². The highest BCUT2D eigenvalue weighted by Gasteiger charge is 2.53. The van der Waals surface area contributed by atoms with E-state index in [1.165, 1.54) is 0 Å². The second-order valence-electron chi connectivity index (χ2n) is 7.25. The average molecular weight is 437 g/mol. The molecular formula is C24H21ClN2O4. The minimum absolute atomic E-state index is 0.0810. The van der Waals surface area contributed by atoms with Crippen LogP contribution in [0.2, 0.25) is 5.02 Å². The zero-order chi connectivity index (χ0) is 21.8. The van der Waals surface area contributed by atoms with Crippen molar-refractivity contribution in [2.75, 3.05) is 13.2 Å². The van der Waals surface area contributed by atoms with Crippen molar-refractivity contribution in [3.05, 3.63) is 101 Å². The van der Waals surface area contributed by atoms with Gasteiger partial charge in [-0.2, -0.15) is 0 Å². The number of amides is 3. The summed E-state index contributed by atoms with van der Waals surface area (Å²) in [7, 11) is 0. The van der Waals surface area contributed by atoms with Gasteiger partial charge < -0.3 is 15.2 Å². The summed E-state index contributed by atoms with van der Waals surface area (Å²) in [5.41, 5.74) is -0.0565. The molecule has 3 aromatic carbocycles. The van der Waals surface area contributed by atoms with Crippen molar-refractivity contribution in [1.29, 1.82) is 0 Å². The number of hydrogen-bond donors (Lipinski definition) is 2. The van der Waals surface area contributed by atoms with Crippen molar-refractivity contribution in [3.8, 4) is 5.75 Å². The quantitative estimate of drug-likeness (QED) is 0.555. The fourth-order valence-electron chi connectivity index (χ4n) is 3.66. The lowest BCUT2D eigenvalue weighted by Gasteiger charge is -2.28. The van der Waals surface area contributed by atoms with E-state index in [0.717, 1.165) is 4.90 Å². The summed E-state index contributed by atoms with van der Waals surface area (Å²) in [6.07, 6.45) is -1.06. The number of carbonyl (C=O) groups excluding carboxylic acids is 2. The lowest BCUT2D eigenvalue weighted by atomic mass is 9.82. The Kier molecular flexibility index (Phi) is 5.93. The summed E-state index contributed by atoms with van der Waals surface area (Å²) in [6.45, 7) is -0.276. The topological polar surface area (TPSA) is 78.9 Å². The number of aliphatic hydroxyl groups is 1. The van der Waals surface area contributed by atoms with E-state index < -0.39 is 23.6 Å². The van der Waals surface area contributed by atoms with Crippen LogP contribution in [-0.4, -0.2) is 41.2 Å². The Morgan fingerprint density at radius 1 is 0.903 bits per heavy atom. The number of aliphatic hydroxyl groups excluding tert-OH is 1. The zero-order valence-electron chi connectivity index (χ0n) is 16.6. The number of ether oxygens (including phenoxy) is 1. The number of halogens is 1. The first-order valence-corrected chi connectivity index (χ1v) is 10.2. The number of urea groups is 1. The molecule has 2 N–H and O–H groups in total. The number of hydrogen-bond acceptors (Lipinski definition) is 4. The number of nitrogens with one attached hydrogen (secondary N) is 1. The molecule has 1 saturated heterocycles. The van der Waals surface area contributed by atoms with Gasteiger partial charge in [-0.15, -0.1) is 0 Å². The molecule has 1 aliphatic rings. The Bertz CT molecular complexity index is 1020. The lowest BCUT2D eigenvalue weighted by Crippen LogP contribution is -2.46. The van der Waals surface area contributed by atoms with Gasteiger partial charge in [-0.3, -0.25) is 9.69 Å². The van der Waals surface area contributed by atoms with Crippen LogP contribution in [-0.2, 0) is 10.3 Å². The first-order valence-electron chi connectivity index (χ1n) is 9.82. The minimum Gasteiger partial charge on any atom is -0.491 e. The molecule has 0 bridgehead atoms. The molecule has 1 fully saturated rings. The van der Waals surface area contributed by atoms with Crippen LogP contribution in [0.4, 0.5) is 4.79 Å². The number of benzene rings is 3. The zero-order valence-corrected chi connectivity index (χ0v) is 17.3. The van der Waals surface area contributed by atoms with Gasteiger partial charge in [0.1, 0.15) is 18.5 Å². The first-order chi connectivity index (χ1) is 15.0. The van der Waals surface area contributed by atoms with Gasteiger partial charge in [0.25, 0.3) is 5.91 Å². The van der Waals surface area contributed by atoms with E-state index in [1.54, 1.807) is 48.5 Å². The molecule has 1 aliphatic heterocycles. The number of nitrogens with zero attached hydrogens (tertiary/aromatic N) is 1. The monoisotopic (exact) mass is 436 g/mol. The average Bonchev–Trinajstić information content (AvgIpc) is 3.05. The predicted octanol–water partition coefficient (Wildman–Crippen LogP) is 3.58. The smallest absolute Gasteiger partial charge is 0.325 e. The Morgan fingerprint density at radius 2 is 1.45 bits per heavy atom. The normalized spacial score (nSPS) is 16.1. The molecule has 4 rings (SSSR count). The van der Waals surface area contributed by atoms with E-state index in [1.807, 2.05) is 36.4 Å². The molecule has 3 amide bonds. The van der Waals surface area contributed by atoms with Crippen LogP contribution in [0.3, 0.4) is 0 Å². The Hall–Kier alpha value is -3.35. The van der Waals surface area contributed by atoms with Gasteiger partial charge in [-0.1, -0.05) is 72.3 Å². The summed E-state index contributed by atoms with van der Waals surface area (Å²) in [5.74, 6) is 0.0870. The molecule has 0 radical (unpaired) electrons. The lowest BCUT2D eigenvalue weighted by molar-refractivity contribution is -0.131.